The van der Waals surface area contributed by atoms with Crippen molar-refractivity contribution in [3.8, 4) is 5.75 Å². The van der Waals surface area contributed by atoms with Crippen molar-refractivity contribution in [2.75, 3.05) is 12.4 Å². The lowest BCUT2D eigenvalue weighted by molar-refractivity contribution is 0.415. The molecule has 5 heteroatoms. The summed E-state index contributed by atoms with van der Waals surface area (Å²) in [5.41, 5.74) is 1.56. The van der Waals surface area contributed by atoms with E-state index < -0.39 is 0 Å². The van der Waals surface area contributed by atoms with Crippen LogP contribution in [0.5, 0.6) is 5.75 Å². The van der Waals surface area contributed by atoms with Gasteiger partial charge in [0.05, 0.1) is 23.5 Å². The molecule has 0 atom stereocenters. The Balaban J connectivity index is 2.38. The van der Waals surface area contributed by atoms with Crippen LogP contribution in [0, 0.1) is 4.91 Å². The minimum atomic E-state index is 0.302. The molecule has 0 amide bonds. The standard InChI is InChI=1S/C13H11ClN2O2/c1-18-9-6-7-12(16-17)13(8-9)15-11-5-3-2-4-10(11)14/h2-8,15H,1H3. The van der Waals surface area contributed by atoms with Crippen molar-refractivity contribution in [2.45, 2.75) is 0 Å². The van der Waals surface area contributed by atoms with Gasteiger partial charge in [-0.25, -0.2) is 0 Å². The molecule has 4 nitrogen and oxygen atoms in total. The Labute approximate surface area is 110 Å². The average molecular weight is 263 g/mol. The second-order valence-corrected chi connectivity index (χ2v) is 3.99. The van der Waals surface area contributed by atoms with Gasteiger partial charge in [0.1, 0.15) is 11.4 Å². The number of halogens is 1. The predicted molar refractivity (Wildman–Crippen MR) is 73.2 cm³/mol. The molecule has 2 aromatic rings. The number of nitrogens with one attached hydrogen (secondary N) is 1. The summed E-state index contributed by atoms with van der Waals surface area (Å²) in [5.74, 6) is 0.636. The van der Waals surface area contributed by atoms with Crippen LogP contribution in [0.15, 0.2) is 47.6 Å². The van der Waals surface area contributed by atoms with Crippen molar-refractivity contribution in [3.63, 3.8) is 0 Å². The number of hydrogen-bond donors (Lipinski definition) is 1. The summed E-state index contributed by atoms with van der Waals surface area (Å²) in [5, 5.41) is 6.59. The van der Waals surface area contributed by atoms with E-state index in [9.17, 15) is 4.91 Å². The van der Waals surface area contributed by atoms with E-state index in [0.29, 0.717) is 27.8 Å². The maximum Gasteiger partial charge on any atom is 0.131 e. The Morgan fingerprint density at radius 3 is 2.61 bits per heavy atom. The SMILES string of the molecule is COc1ccc(N=O)c(Nc2ccccc2Cl)c1. The number of hydrogen-bond acceptors (Lipinski definition) is 4. The largest absolute Gasteiger partial charge is 0.497 e. The zero-order valence-electron chi connectivity index (χ0n) is 9.68. The zero-order valence-corrected chi connectivity index (χ0v) is 10.4. The third-order valence-corrected chi connectivity index (χ3v) is 2.77. The monoisotopic (exact) mass is 262 g/mol. The molecule has 2 rings (SSSR count). The average Bonchev–Trinajstić information content (AvgIpc) is 2.41. The second kappa shape index (κ2) is 5.51. The van der Waals surface area contributed by atoms with E-state index in [4.69, 9.17) is 16.3 Å². The van der Waals surface area contributed by atoms with Crippen molar-refractivity contribution >= 4 is 28.7 Å². The maximum atomic E-state index is 10.7. The van der Waals surface area contributed by atoms with Gasteiger partial charge in [0.2, 0.25) is 0 Å². The number of methoxy groups -OCH3 is 1. The number of rotatable bonds is 4. The first-order valence-electron chi connectivity index (χ1n) is 5.27. The van der Waals surface area contributed by atoms with Gasteiger partial charge in [-0.2, -0.15) is 0 Å². The van der Waals surface area contributed by atoms with Gasteiger partial charge in [0.25, 0.3) is 0 Å². The Morgan fingerprint density at radius 2 is 1.94 bits per heavy atom. The molecule has 0 saturated heterocycles. The maximum absolute atomic E-state index is 10.7. The fourth-order valence-electron chi connectivity index (χ4n) is 1.53. The first-order chi connectivity index (χ1) is 8.74. The molecule has 0 aromatic heterocycles. The number of ether oxygens (including phenoxy) is 1. The van der Waals surface area contributed by atoms with E-state index in [-0.39, 0.29) is 0 Å². The van der Waals surface area contributed by atoms with Crippen molar-refractivity contribution in [2.24, 2.45) is 5.18 Å². The van der Waals surface area contributed by atoms with Crippen LogP contribution in [0.4, 0.5) is 17.1 Å². The van der Waals surface area contributed by atoms with E-state index in [1.165, 1.54) is 0 Å². The molecule has 0 unspecified atom stereocenters. The summed E-state index contributed by atoms with van der Waals surface area (Å²) < 4.78 is 5.11. The third-order valence-electron chi connectivity index (χ3n) is 2.45. The minimum Gasteiger partial charge on any atom is -0.497 e. The van der Waals surface area contributed by atoms with Gasteiger partial charge < -0.3 is 10.1 Å². The molecule has 0 bridgehead atoms. The summed E-state index contributed by atoms with van der Waals surface area (Å²) in [6, 6.07) is 12.2. The Hall–Kier alpha value is -2.07. The highest BCUT2D eigenvalue weighted by atomic mass is 35.5. The lowest BCUT2D eigenvalue weighted by Crippen LogP contribution is -1.92. The first-order valence-corrected chi connectivity index (χ1v) is 5.65. The third kappa shape index (κ3) is 2.60. The topological polar surface area (TPSA) is 50.7 Å². The Kier molecular flexibility index (Phi) is 3.79. The molecule has 1 N–H and O–H groups in total. The van der Waals surface area contributed by atoms with Crippen LogP contribution < -0.4 is 10.1 Å². The van der Waals surface area contributed by atoms with Crippen LogP contribution in [0.3, 0.4) is 0 Å². The molecule has 0 heterocycles. The van der Waals surface area contributed by atoms with Crippen LogP contribution >= 0.6 is 11.6 Å². The quantitative estimate of drug-likeness (QED) is 0.826. The number of benzene rings is 2. The first kappa shape index (κ1) is 12.4. The van der Waals surface area contributed by atoms with E-state index in [1.54, 1.807) is 31.4 Å². The minimum absolute atomic E-state index is 0.302. The van der Waals surface area contributed by atoms with Crippen LogP contribution in [-0.4, -0.2) is 7.11 Å². The molecular formula is C13H11ClN2O2. The summed E-state index contributed by atoms with van der Waals surface area (Å²) >= 11 is 6.04. The van der Waals surface area contributed by atoms with Gasteiger partial charge in [-0.15, -0.1) is 4.91 Å². The fourth-order valence-corrected chi connectivity index (χ4v) is 1.71. The summed E-state index contributed by atoms with van der Waals surface area (Å²) in [6.07, 6.45) is 0. The van der Waals surface area contributed by atoms with Crippen LogP contribution in [0.25, 0.3) is 0 Å². The van der Waals surface area contributed by atoms with Gasteiger partial charge in [-0.05, 0) is 29.4 Å². The molecule has 18 heavy (non-hydrogen) atoms. The normalized spacial score (nSPS) is 9.89. The molecule has 92 valence electrons. The van der Waals surface area contributed by atoms with Crippen LogP contribution in [0.2, 0.25) is 5.02 Å². The van der Waals surface area contributed by atoms with Crippen molar-refractivity contribution in [1.29, 1.82) is 0 Å². The molecule has 0 radical (unpaired) electrons. The molecule has 0 aliphatic heterocycles. The smallest absolute Gasteiger partial charge is 0.131 e. The second-order valence-electron chi connectivity index (χ2n) is 3.58. The molecule has 0 aliphatic rings. The van der Waals surface area contributed by atoms with Gasteiger partial charge in [-0.3, -0.25) is 0 Å². The number of anilines is 2. The number of nitrogens with zero attached hydrogens (tertiary/aromatic N) is 1. The van der Waals surface area contributed by atoms with E-state index in [0.717, 1.165) is 0 Å². The lowest BCUT2D eigenvalue weighted by atomic mass is 10.2. The van der Waals surface area contributed by atoms with Crippen LogP contribution in [-0.2, 0) is 0 Å². The molecule has 0 fully saturated rings. The lowest BCUT2D eigenvalue weighted by Gasteiger charge is -2.10. The van der Waals surface area contributed by atoms with Gasteiger partial charge in [0, 0.05) is 6.07 Å². The molecular weight excluding hydrogens is 252 g/mol. The molecule has 2 aromatic carbocycles. The van der Waals surface area contributed by atoms with E-state index in [2.05, 4.69) is 10.5 Å². The zero-order chi connectivity index (χ0) is 13.0. The fraction of sp³-hybridized carbons (Fsp3) is 0.0769. The van der Waals surface area contributed by atoms with Gasteiger partial charge >= 0.3 is 0 Å². The highest BCUT2D eigenvalue weighted by Gasteiger charge is 2.07. The van der Waals surface area contributed by atoms with E-state index in [1.807, 2.05) is 18.2 Å². The van der Waals surface area contributed by atoms with E-state index >= 15 is 0 Å². The predicted octanol–water partition coefficient (Wildman–Crippen LogP) is 4.49. The van der Waals surface area contributed by atoms with Crippen molar-refractivity contribution in [3.05, 3.63) is 52.4 Å². The molecule has 0 spiro atoms. The molecule has 0 saturated carbocycles. The van der Waals surface area contributed by atoms with Gasteiger partial charge in [0.15, 0.2) is 0 Å². The summed E-state index contributed by atoms with van der Waals surface area (Å²) in [6.45, 7) is 0. The van der Waals surface area contributed by atoms with Crippen LogP contribution in [0.1, 0.15) is 0 Å². The van der Waals surface area contributed by atoms with Gasteiger partial charge in [-0.1, -0.05) is 23.7 Å². The highest BCUT2D eigenvalue weighted by molar-refractivity contribution is 6.33. The summed E-state index contributed by atoms with van der Waals surface area (Å²) in [7, 11) is 1.56. The number of para-hydroxylation sites is 1. The van der Waals surface area contributed by atoms with Crippen molar-refractivity contribution < 1.29 is 4.74 Å². The Morgan fingerprint density at radius 1 is 1.17 bits per heavy atom. The van der Waals surface area contributed by atoms with Crippen molar-refractivity contribution in [1.82, 2.24) is 0 Å². The Bertz CT molecular complexity index is 573. The molecule has 0 aliphatic carbocycles. The summed E-state index contributed by atoms with van der Waals surface area (Å²) in [4.78, 5) is 10.7. The highest BCUT2D eigenvalue weighted by Crippen LogP contribution is 2.33. The number of nitroso groups, excluding NO2 is 1.